The zero-order chi connectivity index (χ0) is 15.4. The number of nitrogens with two attached hydrogens (primary N) is 1. The van der Waals surface area contributed by atoms with Gasteiger partial charge in [-0.05, 0) is 55.0 Å². The summed E-state index contributed by atoms with van der Waals surface area (Å²) >= 11 is 4.78. The van der Waals surface area contributed by atoms with Gasteiger partial charge in [0.2, 0.25) is 5.76 Å². The normalized spacial score (nSPS) is 10.1. The van der Waals surface area contributed by atoms with Gasteiger partial charge in [-0.3, -0.25) is 0 Å². The van der Waals surface area contributed by atoms with Crippen LogP contribution in [0.15, 0.2) is 34.7 Å². The average Bonchev–Trinajstić information content (AvgIpc) is 2.88. The van der Waals surface area contributed by atoms with Gasteiger partial charge >= 0.3 is 5.97 Å². The highest BCUT2D eigenvalue weighted by Gasteiger charge is 2.09. The number of nitrogens with one attached hydrogen (secondary N) is 1. The Morgan fingerprint density at radius 3 is 2.76 bits per heavy atom. The Bertz CT molecular complexity index is 681. The summed E-state index contributed by atoms with van der Waals surface area (Å²) < 4.78 is 10.7. The summed E-state index contributed by atoms with van der Waals surface area (Å²) in [5, 5.41) is 11.8. The summed E-state index contributed by atoms with van der Waals surface area (Å²) in [7, 11) is 0. The van der Waals surface area contributed by atoms with E-state index in [0.717, 1.165) is 11.3 Å². The number of aromatic carboxylic acids is 1. The van der Waals surface area contributed by atoms with Crippen LogP contribution in [-0.2, 0) is 6.61 Å². The number of furan rings is 1. The van der Waals surface area contributed by atoms with Crippen molar-refractivity contribution < 1.29 is 19.1 Å². The molecule has 0 aliphatic rings. The van der Waals surface area contributed by atoms with E-state index < -0.39 is 5.97 Å². The lowest BCUT2D eigenvalue weighted by Crippen LogP contribution is -2.19. The summed E-state index contributed by atoms with van der Waals surface area (Å²) in [5.74, 6) is -0.143. The topological polar surface area (TPSA) is 97.7 Å². The fourth-order valence-corrected chi connectivity index (χ4v) is 1.83. The van der Waals surface area contributed by atoms with Gasteiger partial charge in [-0.25, -0.2) is 4.79 Å². The molecular weight excluding hydrogens is 292 g/mol. The van der Waals surface area contributed by atoms with Gasteiger partial charge in [0.05, 0.1) is 0 Å². The van der Waals surface area contributed by atoms with Crippen molar-refractivity contribution >= 4 is 29.0 Å². The number of carboxylic acids is 1. The maximum absolute atomic E-state index is 10.7. The highest BCUT2D eigenvalue weighted by atomic mass is 32.1. The second kappa shape index (κ2) is 6.27. The molecule has 0 fully saturated rings. The van der Waals surface area contributed by atoms with E-state index in [1.165, 1.54) is 6.07 Å². The molecule has 0 saturated carbocycles. The zero-order valence-electron chi connectivity index (χ0n) is 11.3. The molecule has 1 heterocycles. The minimum absolute atomic E-state index is 0.110. The van der Waals surface area contributed by atoms with Crippen molar-refractivity contribution in [2.45, 2.75) is 13.5 Å². The van der Waals surface area contributed by atoms with Gasteiger partial charge in [0.15, 0.2) is 5.11 Å². The molecule has 7 heteroatoms. The molecule has 110 valence electrons. The van der Waals surface area contributed by atoms with Gasteiger partial charge < -0.3 is 25.3 Å². The molecule has 0 saturated heterocycles. The quantitative estimate of drug-likeness (QED) is 0.730. The predicted octanol–water partition coefficient (Wildman–Crippen LogP) is 2.52. The summed E-state index contributed by atoms with van der Waals surface area (Å²) in [5.41, 5.74) is 7.15. The van der Waals surface area contributed by atoms with Gasteiger partial charge in [-0.1, -0.05) is 0 Å². The Morgan fingerprint density at radius 1 is 1.43 bits per heavy atom. The van der Waals surface area contributed by atoms with E-state index in [2.05, 4.69) is 5.32 Å². The van der Waals surface area contributed by atoms with E-state index in [-0.39, 0.29) is 17.5 Å². The van der Waals surface area contributed by atoms with E-state index in [4.69, 9.17) is 32.2 Å². The molecular formula is C14H14N2O4S. The van der Waals surface area contributed by atoms with Gasteiger partial charge in [0.1, 0.15) is 18.1 Å². The summed E-state index contributed by atoms with van der Waals surface area (Å²) in [6.07, 6.45) is 0. The average molecular weight is 306 g/mol. The molecule has 0 spiro atoms. The third-order valence-corrected chi connectivity index (χ3v) is 2.81. The lowest BCUT2D eigenvalue weighted by atomic mass is 10.2. The fourth-order valence-electron chi connectivity index (χ4n) is 1.72. The molecule has 1 aromatic heterocycles. The molecule has 0 radical (unpaired) electrons. The Balaban J connectivity index is 2.01. The van der Waals surface area contributed by atoms with Crippen LogP contribution < -0.4 is 15.8 Å². The smallest absolute Gasteiger partial charge is 0.371 e. The van der Waals surface area contributed by atoms with Crippen molar-refractivity contribution in [2.75, 3.05) is 5.32 Å². The Hall–Kier alpha value is -2.54. The first-order valence-corrected chi connectivity index (χ1v) is 6.48. The van der Waals surface area contributed by atoms with Crippen LogP contribution >= 0.6 is 12.2 Å². The number of carboxylic acid groups (broad SMARTS) is 1. The number of carbonyl (C=O) groups is 1. The van der Waals surface area contributed by atoms with Crippen molar-refractivity contribution in [1.29, 1.82) is 0 Å². The van der Waals surface area contributed by atoms with Crippen LogP contribution in [0.3, 0.4) is 0 Å². The summed E-state index contributed by atoms with van der Waals surface area (Å²) in [6.45, 7) is 2.04. The number of thiocarbonyl (C=S) groups is 1. The molecule has 0 bridgehead atoms. The van der Waals surface area contributed by atoms with E-state index in [9.17, 15) is 4.79 Å². The van der Waals surface area contributed by atoms with Crippen LogP contribution in [0.25, 0.3) is 0 Å². The monoisotopic (exact) mass is 306 g/mol. The van der Waals surface area contributed by atoms with Crippen LogP contribution in [-0.4, -0.2) is 16.2 Å². The number of rotatable bonds is 5. The van der Waals surface area contributed by atoms with E-state index in [1.807, 2.05) is 13.0 Å². The van der Waals surface area contributed by atoms with Gasteiger partial charge in [-0.15, -0.1) is 0 Å². The van der Waals surface area contributed by atoms with Crippen LogP contribution in [0.4, 0.5) is 5.69 Å². The number of anilines is 1. The number of aryl methyl sites for hydroxylation is 1. The maximum Gasteiger partial charge on any atom is 0.371 e. The van der Waals surface area contributed by atoms with Gasteiger partial charge in [-0.2, -0.15) is 0 Å². The van der Waals surface area contributed by atoms with Gasteiger partial charge in [0.25, 0.3) is 0 Å². The van der Waals surface area contributed by atoms with Crippen LogP contribution in [0.2, 0.25) is 0 Å². The molecule has 1 aromatic carbocycles. The van der Waals surface area contributed by atoms with Crippen molar-refractivity contribution in [2.24, 2.45) is 5.73 Å². The fraction of sp³-hybridized carbons (Fsp3) is 0.143. The number of hydrogen-bond donors (Lipinski definition) is 3. The molecule has 6 nitrogen and oxygen atoms in total. The van der Waals surface area contributed by atoms with Crippen LogP contribution in [0, 0.1) is 6.92 Å². The minimum atomic E-state index is -1.11. The first-order chi connectivity index (χ1) is 9.95. The molecule has 2 aromatic rings. The lowest BCUT2D eigenvalue weighted by Gasteiger charge is -2.10. The SMILES string of the molecule is Cc1cc(OCc2ccc(C(=O)O)o2)ccc1NC(N)=S. The van der Waals surface area contributed by atoms with E-state index in [0.29, 0.717) is 11.5 Å². The zero-order valence-corrected chi connectivity index (χ0v) is 12.1. The Kier molecular flexibility index (Phi) is 4.44. The third kappa shape index (κ3) is 3.96. The molecule has 2 rings (SSSR count). The van der Waals surface area contributed by atoms with Crippen LogP contribution in [0.5, 0.6) is 5.75 Å². The highest BCUT2D eigenvalue weighted by molar-refractivity contribution is 7.80. The van der Waals surface area contributed by atoms with E-state index in [1.54, 1.807) is 18.2 Å². The summed E-state index contributed by atoms with van der Waals surface area (Å²) in [4.78, 5) is 10.7. The van der Waals surface area contributed by atoms with Crippen molar-refractivity contribution in [3.63, 3.8) is 0 Å². The molecule has 0 aliphatic carbocycles. The molecule has 4 N–H and O–H groups in total. The van der Waals surface area contributed by atoms with Crippen molar-refractivity contribution in [1.82, 2.24) is 0 Å². The standard InChI is InChI=1S/C14H14N2O4S/c1-8-6-9(2-4-11(8)16-14(15)21)19-7-10-3-5-12(20-10)13(17)18/h2-6H,7H2,1H3,(H,17,18)(H3,15,16,21). The maximum atomic E-state index is 10.7. The predicted molar refractivity (Wildman–Crippen MR) is 81.6 cm³/mol. The summed E-state index contributed by atoms with van der Waals surface area (Å²) in [6, 6.07) is 8.34. The second-order valence-electron chi connectivity index (χ2n) is 4.33. The third-order valence-electron chi connectivity index (χ3n) is 2.71. The molecule has 0 amide bonds. The van der Waals surface area contributed by atoms with E-state index >= 15 is 0 Å². The highest BCUT2D eigenvalue weighted by Crippen LogP contribution is 2.22. The lowest BCUT2D eigenvalue weighted by molar-refractivity contribution is 0.0658. The molecule has 0 atom stereocenters. The Labute approximate surface area is 126 Å². The first-order valence-electron chi connectivity index (χ1n) is 6.07. The molecule has 0 unspecified atom stereocenters. The Morgan fingerprint density at radius 2 is 2.19 bits per heavy atom. The first kappa shape index (κ1) is 14.9. The molecule has 0 aliphatic heterocycles. The van der Waals surface area contributed by atoms with Gasteiger partial charge in [0, 0.05) is 5.69 Å². The second-order valence-corrected chi connectivity index (χ2v) is 4.77. The van der Waals surface area contributed by atoms with Crippen LogP contribution in [0.1, 0.15) is 21.9 Å². The number of benzene rings is 1. The minimum Gasteiger partial charge on any atom is -0.486 e. The largest absolute Gasteiger partial charge is 0.486 e. The molecule has 21 heavy (non-hydrogen) atoms. The number of hydrogen-bond acceptors (Lipinski definition) is 4. The van der Waals surface area contributed by atoms with Crippen molar-refractivity contribution in [3.8, 4) is 5.75 Å². The van der Waals surface area contributed by atoms with Crippen molar-refractivity contribution in [3.05, 3.63) is 47.4 Å². The number of ether oxygens (including phenoxy) is 1.